The summed E-state index contributed by atoms with van der Waals surface area (Å²) < 4.78 is 32.0. The van der Waals surface area contributed by atoms with Gasteiger partial charge in [-0.05, 0) is 38.1 Å². The molecule has 1 fully saturated rings. The Kier molecular flexibility index (Phi) is 6.01. The van der Waals surface area contributed by atoms with Crippen molar-refractivity contribution >= 4 is 15.9 Å². The van der Waals surface area contributed by atoms with Crippen LogP contribution in [0.5, 0.6) is 0 Å². The van der Waals surface area contributed by atoms with Crippen LogP contribution in [0.1, 0.15) is 38.1 Å². The lowest BCUT2D eigenvalue weighted by molar-refractivity contribution is -0.0586. The molecular weight excluding hydrogens is 328 g/mol. The second kappa shape index (κ2) is 7.63. The average Bonchev–Trinajstić information content (AvgIpc) is 2.54. The lowest BCUT2D eigenvalue weighted by Gasteiger charge is -2.35. The molecule has 0 unspecified atom stereocenters. The quantitative estimate of drug-likeness (QED) is 0.811. The molecule has 0 N–H and O–H groups in total. The molecule has 2 rings (SSSR count). The van der Waals surface area contributed by atoms with E-state index in [-0.39, 0.29) is 23.0 Å². The Bertz CT molecular complexity index is 658. The van der Waals surface area contributed by atoms with Gasteiger partial charge in [0.1, 0.15) is 0 Å². The molecule has 24 heavy (non-hydrogen) atoms. The van der Waals surface area contributed by atoms with Crippen LogP contribution in [0, 0.1) is 0 Å². The maximum absolute atomic E-state index is 12.6. The molecule has 0 aromatic heterocycles. The summed E-state index contributed by atoms with van der Waals surface area (Å²) in [6.07, 6.45) is 0.0000326. The van der Waals surface area contributed by atoms with Gasteiger partial charge >= 0.3 is 0 Å². The lowest BCUT2D eigenvalue weighted by atomic mass is 10.1. The highest BCUT2D eigenvalue weighted by molar-refractivity contribution is 7.89. The van der Waals surface area contributed by atoms with Gasteiger partial charge in [-0.2, -0.15) is 4.31 Å². The van der Waals surface area contributed by atoms with Crippen LogP contribution in [0.15, 0.2) is 29.2 Å². The molecule has 1 heterocycles. The Hall–Kier alpha value is -1.44. The summed E-state index contributed by atoms with van der Waals surface area (Å²) in [5.41, 5.74) is 0.495. The van der Waals surface area contributed by atoms with Crippen molar-refractivity contribution in [1.29, 1.82) is 0 Å². The molecule has 0 radical (unpaired) electrons. The zero-order valence-corrected chi connectivity index (χ0v) is 15.5. The van der Waals surface area contributed by atoms with Gasteiger partial charge < -0.3 is 9.64 Å². The van der Waals surface area contributed by atoms with Crippen molar-refractivity contribution in [3.05, 3.63) is 29.8 Å². The van der Waals surface area contributed by atoms with Crippen LogP contribution in [0.2, 0.25) is 0 Å². The van der Waals surface area contributed by atoms with Gasteiger partial charge in [0.15, 0.2) is 0 Å². The monoisotopic (exact) mass is 354 g/mol. The van der Waals surface area contributed by atoms with E-state index in [1.54, 1.807) is 30.9 Å². The van der Waals surface area contributed by atoms with E-state index in [9.17, 15) is 13.2 Å². The van der Waals surface area contributed by atoms with Crippen LogP contribution < -0.4 is 0 Å². The number of ether oxygens (including phenoxy) is 1. The minimum absolute atomic E-state index is 0.0000163. The summed E-state index contributed by atoms with van der Waals surface area (Å²) in [5, 5.41) is 0. The predicted octanol–water partition coefficient (Wildman–Crippen LogP) is 1.97. The van der Waals surface area contributed by atoms with Gasteiger partial charge in [-0.3, -0.25) is 4.79 Å². The zero-order valence-electron chi connectivity index (χ0n) is 14.7. The fraction of sp³-hybridized carbons (Fsp3) is 0.588. The smallest absolute Gasteiger partial charge is 0.254 e. The Morgan fingerprint density at radius 3 is 2.08 bits per heavy atom. The Morgan fingerprint density at radius 1 is 1.12 bits per heavy atom. The van der Waals surface area contributed by atoms with Gasteiger partial charge in [0.05, 0.1) is 17.1 Å². The summed E-state index contributed by atoms with van der Waals surface area (Å²) >= 11 is 0. The first-order chi connectivity index (χ1) is 11.3. The summed E-state index contributed by atoms with van der Waals surface area (Å²) in [7, 11) is -3.50. The van der Waals surface area contributed by atoms with Crippen molar-refractivity contribution in [3.8, 4) is 0 Å². The number of nitrogens with zero attached hydrogens (tertiary/aromatic N) is 2. The summed E-state index contributed by atoms with van der Waals surface area (Å²) in [6, 6.07) is 6.19. The van der Waals surface area contributed by atoms with Crippen molar-refractivity contribution in [2.24, 2.45) is 0 Å². The Morgan fingerprint density at radius 2 is 1.62 bits per heavy atom. The molecule has 2 atom stereocenters. The fourth-order valence-corrected chi connectivity index (χ4v) is 4.47. The number of morpholine rings is 1. The number of hydrogen-bond acceptors (Lipinski definition) is 4. The first kappa shape index (κ1) is 18.9. The molecule has 1 aromatic rings. The Labute approximate surface area is 144 Å². The second-order valence-electron chi connectivity index (χ2n) is 6.08. The van der Waals surface area contributed by atoms with E-state index < -0.39 is 10.0 Å². The SMILES string of the molecule is CCN(CC)S(=O)(=O)c1ccc(C(=O)N2C[C@@H](C)O[C@H](C)C2)cc1. The summed E-state index contributed by atoms with van der Waals surface area (Å²) in [4.78, 5) is 14.6. The standard InChI is InChI=1S/C17H26N2O4S/c1-5-19(6-2)24(21,22)16-9-7-15(8-10-16)17(20)18-11-13(3)23-14(4)12-18/h7-10,13-14H,5-6,11-12H2,1-4H3/t13-,14-/m1/s1. The molecule has 0 aliphatic carbocycles. The van der Waals surface area contributed by atoms with Crippen molar-refractivity contribution in [2.75, 3.05) is 26.2 Å². The van der Waals surface area contributed by atoms with Crippen LogP contribution in [0.3, 0.4) is 0 Å². The van der Waals surface area contributed by atoms with E-state index in [0.717, 1.165) is 0 Å². The third-order valence-corrected chi connectivity index (χ3v) is 6.22. The number of hydrogen-bond donors (Lipinski definition) is 0. The fourth-order valence-electron chi connectivity index (χ4n) is 3.01. The zero-order chi connectivity index (χ0) is 17.9. The number of carbonyl (C=O) groups excluding carboxylic acids is 1. The molecule has 1 aromatic carbocycles. The highest BCUT2D eigenvalue weighted by atomic mass is 32.2. The van der Waals surface area contributed by atoms with Crippen molar-refractivity contribution < 1.29 is 17.9 Å². The first-order valence-corrected chi connectivity index (χ1v) is 9.78. The van der Waals surface area contributed by atoms with Crippen LogP contribution in [-0.4, -0.2) is 61.9 Å². The third-order valence-electron chi connectivity index (χ3n) is 4.15. The van der Waals surface area contributed by atoms with Gasteiger partial charge in [-0.15, -0.1) is 0 Å². The number of rotatable bonds is 5. The molecule has 6 nitrogen and oxygen atoms in total. The molecule has 1 aliphatic rings. The highest BCUT2D eigenvalue weighted by Gasteiger charge is 2.27. The number of sulfonamides is 1. The number of amides is 1. The topological polar surface area (TPSA) is 66.9 Å². The molecule has 1 amide bonds. The summed E-state index contributed by atoms with van der Waals surface area (Å²) in [6.45, 7) is 9.42. The lowest BCUT2D eigenvalue weighted by Crippen LogP contribution is -2.48. The van der Waals surface area contributed by atoms with Crippen LogP contribution >= 0.6 is 0 Å². The maximum Gasteiger partial charge on any atom is 0.254 e. The van der Waals surface area contributed by atoms with E-state index in [0.29, 0.717) is 31.7 Å². The van der Waals surface area contributed by atoms with E-state index in [1.165, 1.54) is 16.4 Å². The predicted molar refractivity (Wildman–Crippen MR) is 92.5 cm³/mol. The highest BCUT2D eigenvalue weighted by Crippen LogP contribution is 2.19. The molecule has 7 heteroatoms. The minimum Gasteiger partial charge on any atom is -0.372 e. The normalized spacial score (nSPS) is 22.0. The minimum atomic E-state index is -3.50. The molecule has 0 bridgehead atoms. The van der Waals surface area contributed by atoms with Crippen LogP contribution in [-0.2, 0) is 14.8 Å². The van der Waals surface area contributed by atoms with Crippen molar-refractivity contribution in [2.45, 2.75) is 44.8 Å². The van der Waals surface area contributed by atoms with Gasteiger partial charge in [-0.1, -0.05) is 13.8 Å². The average molecular weight is 354 g/mol. The van der Waals surface area contributed by atoms with Gasteiger partial charge in [-0.25, -0.2) is 8.42 Å². The van der Waals surface area contributed by atoms with Crippen molar-refractivity contribution in [3.63, 3.8) is 0 Å². The third kappa shape index (κ3) is 3.96. The number of benzene rings is 1. The van der Waals surface area contributed by atoms with E-state index in [4.69, 9.17) is 4.74 Å². The van der Waals surface area contributed by atoms with Gasteiger partial charge in [0.2, 0.25) is 10.0 Å². The van der Waals surface area contributed by atoms with Gasteiger partial charge in [0.25, 0.3) is 5.91 Å². The molecule has 1 saturated heterocycles. The molecular formula is C17H26N2O4S. The Balaban J connectivity index is 2.18. The first-order valence-electron chi connectivity index (χ1n) is 8.34. The molecule has 0 spiro atoms. The number of carbonyl (C=O) groups is 1. The van der Waals surface area contributed by atoms with E-state index >= 15 is 0 Å². The van der Waals surface area contributed by atoms with E-state index in [2.05, 4.69) is 0 Å². The largest absolute Gasteiger partial charge is 0.372 e. The van der Waals surface area contributed by atoms with Crippen LogP contribution in [0.4, 0.5) is 0 Å². The summed E-state index contributed by atoms with van der Waals surface area (Å²) in [5.74, 6) is -0.0937. The van der Waals surface area contributed by atoms with Gasteiger partial charge in [0, 0.05) is 31.7 Å². The maximum atomic E-state index is 12.6. The second-order valence-corrected chi connectivity index (χ2v) is 8.02. The molecule has 134 valence electrons. The van der Waals surface area contributed by atoms with Crippen molar-refractivity contribution in [1.82, 2.24) is 9.21 Å². The van der Waals surface area contributed by atoms with E-state index in [1.807, 2.05) is 13.8 Å². The van der Waals surface area contributed by atoms with Crippen LogP contribution in [0.25, 0.3) is 0 Å². The molecule has 1 aliphatic heterocycles. The molecule has 0 saturated carbocycles.